The van der Waals surface area contributed by atoms with E-state index in [0.717, 1.165) is 24.3 Å². The van der Waals surface area contributed by atoms with Crippen LogP contribution >= 0.6 is 27.5 Å². The van der Waals surface area contributed by atoms with Crippen molar-refractivity contribution in [1.82, 2.24) is 0 Å². The average molecular weight is 338 g/mol. The van der Waals surface area contributed by atoms with Gasteiger partial charge in [-0.25, -0.2) is 0 Å². The van der Waals surface area contributed by atoms with Crippen molar-refractivity contribution in [3.8, 4) is 0 Å². The third kappa shape index (κ3) is 4.67. The average Bonchev–Trinajstić information content (AvgIpc) is 2.40. The summed E-state index contributed by atoms with van der Waals surface area (Å²) >= 11 is 9.68. The van der Waals surface area contributed by atoms with Crippen LogP contribution in [0.2, 0.25) is 5.02 Å². The van der Waals surface area contributed by atoms with Gasteiger partial charge in [0, 0.05) is 9.85 Å². The molecule has 0 aliphatic rings. The van der Waals surface area contributed by atoms with Crippen LogP contribution in [0.5, 0.6) is 0 Å². The molecule has 2 aromatic carbocycles. The second kappa shape index (κ2) is 7.12. The molecule has 0 aliphatic carbocycles. The standard InChI is InChI=1S/C17H18BrCl/c1-13-4-2-3-5-15(13)8-9-16(18)12-14-6-10-17(19)11-7-14/h2-7,10-11,16H,8-9,12H2,1H3. The summed E-state index contributed by atoms with van der Waals surface area (Å²) in [5, 5.41) is 0.801. The van der Waals surface area contributed by atoms with Crippen molar-refractivity contribution in [2.75, 3.05) is 0 Å². The number of benzene rings is 2. The Balaban J connectivity index is 1.86. The van der Waals surface area contributed by atoms with E-state index in [0.29, 0.717) is 4.83 Å². The van der Waals surface area contributed by atoms with Crippen LogP contribution in [0.25, 0.3) is 0 Å². The van der Waals surface area contributed by atoms with Crippen LogP contribution in [0.15, 0.2) is 48.5 Å². The van der Waals surface area contributed by atoms with Crippen LogP contribution in [0, 0.1) is 6.92 Å². The van der Waals surface area contributed by atoms with Crippen LogP contribution < -0.4 is 0 Å². The monoisotopic (exact) mass is 336 g/mol. The number of aryl methyl sites for hydroxylation is 2. The highest BCUT2D eigenvalue weighted by Gasteiger charge is 2.07. The molecule has 2 rings (SSSR count). The molecule has 0 spiro atoms. The van der Waals surface area contributed by atoms with Crippen molar-refractivity contribution in [2.24, 2.45) is 0 Å². The lowest BCUT2D eigenvalue weighted by atomic mass is 10.0. The minimum Gasteiger partial charge on any atom is -0.0887 e. The van der Waals surface area contributed by atoms with E-state index < -0.39 is 0 Å². The van der Waals surface area contributed by atoms with Crippen LogP contribution in [0.3, 0.4) is 0 Å². The van der Waals surface area contributed by atoms with E-state index in [1.54, 1.807) is 0 Å². The zero-order valence-electron chi connectivity index (χ0n) is 11.1. The summed E-state index contributed by atoms with van der Waals surface area (Å²) in [6.45, 7) is 2.18. The lowest BCUT2D eigenvalue weighted by Gasteiger charge is -2.11. The molecule has 0 radical (unpaired) electrons. The Kier molecular flexibility index (Phi) is 5.47. The van der Waals surface area contributed by atoms with E-state index in [1.165, 1.54) is 16.7 Å². The third-order valence-electron chi connectivity index (χ3n) is 3.36. The van der Waals surface area contributed by atoms with Gasteiger partial charge in [0.1, 0.15) is 0 Å². The van der Waals surface area contributed by atoms with Gasteiger partial charge >= 0.3 is 0 Å². The Hall–Kier alpha value is -0.790. The molecule has 0 amide bonds. The molecule has 0 bridgehead atoms. The lowest BCUT2D eigenvalue weighted by molar-refractivity contribution is 0.760. The van der Waals surface area contributed by atoms with Gasteiger partial charge in [0.05, 0.1) is 0 Å². The molecular formula is C17H18BrCl. The number of halogens is 2. The van der Waals surface area contributed by atoms with Gasteiger partial charge in [0.2, 0.25) is 0 Å². The Bertz CT molecular complexity index is 519. The summed E-state index contributed by atoms with van der Waals surface area (Å²) in [6.07, 6.45) is 3.31. The largest absolute Gasteiger partial charge is 0.0887 e. The fourth-order valence-electron chi connectivity index (χ4n) is 2.18. The molecule has 0 nitrogen and oxygen atoms in total. The Morgan fingerprint density at radius 2 is 1.74 bits per heavy atom. The fourth-order valence-corrected chi connectivity index (χ4v) is 2.91. The van der Waals surface area contributed by atoms with Crippen molar-refractivity contribution in [2.45, 2.75) is 31.0 Å². The molecule has 2 aromatic rings. The summed E-state index contributed by atoms with van der Waals surface area (Å²) in [5.74, 6) is 0. The SMILES string of the molecule is Cc1ccccc1CCC(Br)Cc1ccc(Cl)cc1. The zero-order valence-corrected chi connectivity index (χ0v) is 13.4. The van der Waals surface area contributed by atoms with Gasteiger partial charge in [-0.2, -0.15) is 0 Å². The second-order valence-corrected chi connectivity index (χ2v) is 6.62. The van der Waals surface area contributed by atoms with Crippen molar-refractivity contribution >= 4 is 27.5 Å². The topological polar surface area (TPSA) is 0 Å². The van der Waals surface area contributed by atoms with E-state index >= 15 is 0 Å². The van der Waals surface area contributed by atoms with Gasteiger partial charge in [-0.05, 0) is 55.0 Å². The molecule has 1 atom stereocenters. The van der Waals surface area contributed by atoms with Crippen molar-refractivity contribution in [3.63, 3.8) is 0 Å². The maximum absolute atomic E-state index is 5.90. The Morgan fingerprint density at radius 3 is 2.42 bits per heavy atom. The van der Waals surface area contributed by atoms with E-state index in [-0.39, 0.29) is 0 Å². The molecule has 0 N–H and O–H groups in total. The van der Waals surface area contributed by atoms with E-state index in [1.807, 2.05) is 12.1 Å². The summed E-state index contributed by atoms with van der Waals surface area (Å²) < 4.78 is 0. The molecule has 0 heterocycles. The highest BCUT2D eigenvalue weighted by Crippen LogP contribution is 2.19. The predicted molar refractivity (Wildman–Crippen MR) is 87.4 cm³/mol. The van der Waals surface area contributed by atoms with Gasteiger partial charge < -0.3 is 0 Å². The fraction of sp³-hybridized carbons (Fsp3) is 0.294. The molecule has 0 aliphatic heterocycles. The highest BCUT2D eigenvalue weighted by molar-refractivity contribution is 9.09. The second-order valence-electron chi connectivity index (χ2n) is 4.89. The molecule has 0 saturated heterocycles. The zero-order chi connectivity index (χ0) is 13.7. The van der Waals surface area contributed by atoms with Crippen LogP contribution in [-0.4, -0.2) is 4.83 Å². The molecule has 0 fully saturated rings. The maximum Gasteiger partial charge on any atom is 0.0406 e. The molecule has 0 saturated carbocycles. The quantitative estimate of drug-likeness (QED) is 0.624. The summed E-state index contributed by atoms with van der Waals surface area (Å²) in [7, 11) is 0. The van der Waals surface area contributed by atoms with Crippen LogP contribution in [0.4, 0.5) is 0 Å². The van der Waals surface area contributed by atoms with E-state index in [9.17, 15) is 0 Å². The Labute approximate surface area is 128 Å². The predicted octanol–water partition coefficient (Wildman–Crippen LogP) is 5.59. The first-order valence-electron chi connectivity index (χ1n) is 6.58. The molecule has 2 heteroatoms. The molecule has 0 aromatic heterocycles. The first-order valence-corrected chi connectivity index (χ1v) is 7.87. The van der Waals surface area contributed by atoms with Crippen LogP contribution in [-0.2, 0) is 12.8 Å². The Morgan fingerprint density at radius 1 is 1.05 bits per heavy atom. The normalized spacial score (nSPS) is 12.4. The summed E-state index contributed by atoms with van der Waals surface area (Å²) in [5.41, 5.74) is 4.16. The summed E-state index contributed by atoms with van der Waals surface area (Å²) in [6, 6.07) is 16.7. The third-order valence-corrected chi connectivity index (χ3v) is 4.39. The minimum atomic E-state index is 0.508. The van der Waals surface area contributed by atoms with E-state index in [4.69, 9.17) is 11.6 Å². The highest BCUT2D eigenvalue weighted by atomic mass is 79.9. The number of hydrogen-bond donors (Lipinski definition) is 0. The molecular weight excluding hydrogens is 320 g/mol. The van der Waals surface area contributed by atoms with Crippen molar-refractivity contribution < 1.29 is 0 Å². The van der Waals surface area contributed by atoms with Gasteiger partial charge in [0.25, 0.3) is 0 Å². The van der Waals surface area contributed by atoms with Crippen LogP contribution in [0.1, 0.15) is 23.1 Å². The van der Waals surface area contributed by atoms with Gasteiger partial charge in [-0.15, -0.1) is 0 Å². The minimum absolute atomic E-state index is 0.508. The molecule has 19 heavy (non-hydrogen) atoms. The smallest absolute Gasteiger partial charge is 0.0406 e. The van der Waals surface area contributed by atoms with Crippen molar-refractivity contribution in [3.05, 3.63) is 70.2 Å². The van der Waals surface area contributed by atoms with Gasteiger partial charge in [-0.1, -0.05) is 63.9 Å². The van der Waals surface area contributed by atoms with Crippen molar-refractivity contribution in [1.29, 1.82) is 0 Å². The number of rotatable bonds is 5. The molecule has 100 valence electrons. The first kappa shape index (κ1) is 14.6. The van der Waals surface area contributed by atoms with Gasteiger partial charge in [0.15, 0.2) is 0 Å². The number of alkyl halides is 1. The first-order chi connectivity index (χ1) is 9.15. The molecule has 1 unspecified atom stereocenters. The van der Waals surface area contributed by atoms with Gasteiger partial charge in [-0.3, -0.25) is 0 Å². The maximum atomic E-state index is 5.90. The summed E-state index contributed by atoms with van der Waals surface area (Å²) in [4.78, 5) is 0.508. The lowest BCUT2D eigenvalue weighted by Crippen LogP contribution is -2.05. The number of hydrogen-bond acceptors (Lipinski definition) is 0. The van der Waals surface area contributed by atoms with E-state index in [2.05, 4.69) is 59.3 Å².